The molecule has 1 heterocycles. The minimum absolute atomic E-state index is 0.105. The highest BCUT2D eigenvalue weighted by Gasteiger charge is 2.52. The zero-order valence-electron chi connectivity index (χ0n) is 41.5. The predicted octanol–water partition coefficient (Wildman–Crippen LogP) is 5.62. The Kier molecular flexibility index (Phi) is 32.5. The summed E-state index contributed by atoms with van der Waals surface area (Å²) in [5.41, 5.74) is 0. The summed E-state index contributed by atoms with van der Waals surface area (Å²) >= 11 is 0. The molecule has 13 atom stereocenters. The third-order valence-electron chi connectivity index (χ3n) is 12.3. The fourth-order valence-corrected chi connectivity index (χ4v) is 9.80. The number of carbonyl (C=O) groups excluding carboxylic acids is 3. The molecule has 2 bridgehead atoms. The van der Waals surface area contributed by atoms with Crippen molar-refractivity contribution in [2.45, 2.75) is 216 Å². The Balaban J connectivity index is 2.36. The lowest BCUT2D eigenvalue weighted by molar-refractivity contribution is -0.166. The van der Waals surface area contributed by atoms with Gasteiger partial charge in [-0.3, -0.25) is 28.0 Å². The van der Waals surface area contributed by atoms with E-state index in [4.69, 9.17) is 23.0 Å². The monoisotopic (exact) mass is 1050 g/mol. The van der Waals surface area contributed by atoms with Crippen molar-refractivity contribution in [1.82, 2.24) is 0 Å². The molecule has 10 N–H and O–H groups in total. The Morgan fingerprint density at radius 1 is 0.775 bits per heavy atom. The standard InChI is InChI=1S/C49H84O20P2/c1-3-5-7-8-9-10-11-12-13-14-15-16-17-18-19-20-22-28-43(55)67-37-33-65-42(54)27-24-23-26-36(51)31-39-41(53)32-40(52)38(30-29-35(50)25-21-6-4-2)45(57)48(68-70(60,61)62)49(47(59)46(58)44(39)56)69-71(63,64)66-34-37/h12-13,15-16,18-19,29-30,35,37-41,44-50,52-53,56-59H,3-11,14,17,20-28,31-34H2,1-2H3,(H,63,64)(H2,60,61,62)/b13-12-,16-15-,19-18-,30-29+/t35-,37+,38-,39-,40+,41-,44+,45+,46-,47+,48+,49-/m0/s1. The van der Waals surface area contributed by atoms with E-state index in [1.807, 2.05) is 25.2 Å². The Morgan fingerprint density at radius 3 is 2.04 bits per heavy atom. The molecular formula is C49H84O20P2. The van der Waals surface area contributed by atoms with Crippen LogP contribution in [0.3, 0.4) is 0 Å². The third kappa shape index (κ3) is 27.6. The van der Waals surface area contributed by atoms with Crippen molar-refractivity contribution in [1.29, 1.82) is 0 Å². The van der Waals surface area contributed by atoms with E-state index >= 15 is 0 Å². The number of aliphatic hydroxyl groups excluding tert-OH is 7. The summed E-state index contributed by atoms with van der Waals surface area (Å²) in [6, 6.07) is 0. The number of aliphatic hydroxyl groups is 7. The lowest BCUT2D eigenvalue weighted by atomic mass is 9.82. The van der Waals surface area contributed by atoms with Crippen LogP contribution in [-0.4, -0.2) is 142 Å². The molecular weight excluding hydrogens is 970 g/mol. The second-order valence-corrected chi connectivity index (χ2v) is 21.1. The number of cyclic esters (lactones) is 1. The van der Waals surface area contributed by atoms with Crippen molar-refractivity contribution >= 4 is 33.4 Å². The quantitative estimate of drug-likeness (QED) is 0.0242. The SMILES string of the molecule is CCCCCCCC/C=C\C/C=C\C/C=C\CCCC(=O)O[C@@H]1COC(=O)CCCCC(=O)C[C@@H]2[C@@H](O)[C@H](O)[C@@H](O)[C@H](OP(=O)(O)OC1)[C@H](OP(=O)(O)O)[C@H](O)[C@@H](/C=C/[C@@H](O)CCCCC)[C@H](O)C[C@@H]2O. The first-order chi connectivity index (χ1) is 33.7. The van der Waals surface area contributed by atoms with Gasteiger partial charge in [0.15, 0.2) is 6.10 Å². The number of hydrogen-bond acceptors (Lipinski definition) is 17. The van der Waals surface area contributed by atoms with Crippen LogP contribution in [0, 0.1) is 11.8 Å². The zero-order valence-corrected chi connectivity index (χ0v) is 43.3. The van der Waals surface area contributed by atoms with Crippen LogP contribution in [0.1, 0.15) is 155 Å². The van der Waals surface area contributed by atoms with Gasteiger partial charge < -0.3 is 59.9 Å². The molecule has 0 spiro atoms. The number of allylic oxidation sites excluding steroid dienone is 6. The van der Waals surface area contributed by atoms with Crippen LogP contribution in [0.4, 0.5) is 0 Å². The smallest absolute Gasteiger partial charge is 0.462 e. The first kappa shape index (κ1) is 64.6. The highest BCUT2D eigenvalue weighted by Crippen LogP contribution is 2.50. The van der Waals surface area contributed by atoms with E-state index in [1.165, 1.54) is 38.5 Å². The van der Waals surface area contributed by atoms with Gasteiger partial charge in [0.1, 0.15) is 36.8 Å². The van der Waals surface area contributed by atoms with Crippen LogP contribution in [0.2, 0.25) is 0 Å². The maximum atomic E-state index is 13.8. The van der Waals surface area contributed by atoms with Crippen LogP contribution in [0.5, 0.6) is 0 Å². The average molecular weight is 1060 g/mol. The topological polar surface area (TPSA) is 334 Å². The van der Waals surface area contributed by atoms with Gasteiger partial charge >= 0.3 is 27.6 Å². The van der Waals surface area contributed by atoms with Gasteiger partial charge in [-0.2, -0.15) is 0 Å². The number of ketones is 1. The molecule has 22 heteroatoms. The van der Waals surface area contributed by atoms with Crippen LogP contribution >= 0.6 is 15.6 Å². The Hall–Kier alpha value is -2.49. The normalized spacial score (nSPS) is 31.2. The van der Waals surface area contributed by atoms with Crippen molar-refractivity contribution in [3.05, 3.63) is 48.6 Å². The average Bonchev–Trinajstić information content (AvgIpc) is 3.31. The molecule has 1 saturated heterocycles. The predicted molar refractivity (Wildman–Crippen MR) is 262 cm³/mol. The van der Waals surface area contributed by atoms with Gasteiger partial charge in [0.05, 0.1) is 37.1 Å². The Labute approximate surface area is 419 Å². The first-order valence-corrected chi connectivity index (χ1v) is 28.4. The number of phosphoric acid groups is 2. The summed E-state index contributed by atoms with van der Waals surface area (Å²) in [4.78, 5) is 70.1. The van der Waals surface area contributed by atoms with E-state index in [0.29, 0.717) is 25.7 Å². The fourth-order valence-electron chi connectivity index (χ4n) is 8.27. The molecule has 410 valence electrons. The summed E-state index contributed by atoms with van der Waals surface area (Å²) < 4.78 is 52.1. The summed E-state index contributed by atoms with van der Waals surface area (Å²) in [5, 5.41) is 79.8. The van der Waals surface area contributed by atoms with Crippen molar-refractivity contribution in [3.63, 3.8) is 0 Å². The second kappa shape index (κ2) is 35.7. The molecule has 0 aromatic heterocycles. The lowest BCUT2D eigenvalue weighted by Crippen LogP contribution is -2.56. The molecule has 0 aromatic carbocycles. The molecule has 2 aliphatic rings. The second-order valence-electron chi connectivity index (χ2n) is 18.5. The van der Waals surface area contributed by atoms with E-state index in [0.717, 1.165) is 37.8 Å². The molecule has 1 aliphatic carbocycles. The van der Waals surface area contributed by atoms with Crippen molar-refractivity contribution in [2.24, 2.45) is 11.8 Å². The van der Waals surface area contributed by atoms with Crippen molar-refractivity contribution in [2.75, 3.05) is 13.2 Å². The molecule has 0 amide bonds. The maximum Gasteiger partial charge on any atom is 0.472 e. The molecule has 0 radical (unpaired) electrons. The number of hydrogen-bond donors (Lipinski definition) is 10. The lowest BCUT2D eigenvalue weighted by Gasteiger charge is -2.38. The summed E-state index contributed by atoms with van der Waals surface area (Å²) in [5.74, 6) is -5.67. The first-order valence-electron chi connectivity index (χ1n) is 25.4. The Bertz CT molecular complexity index is 1730. The van der Waals surface area contributed by atoms with Gasteiger partial charge in [0, 0.05) is 43.9 Å². The van der Waals surface area contributed by atoms with Crippen molar-refractivity contribution in [3.8, 4) is 0 Å². The number of Topliss-reactive ketones (excluding diaryl/α,β-unsaturated/α-hetero) is 1. The highest BCUT2D eigenvalue weighted by atomic mass is 31.2. The molecule has 1 unspecified atom stereocenters. The van der Waals surface area contributed by atoms with E-state index in [9.17, 15) is 73.9 Å². The minimum Gasteiger partial charge on any atom is -0.462 e. The largest absolute Gasteiger partial charge is 0.472 e. The van der Waals surface area contributed by atoms with Gasteiger partial charge in [-0.05, 0) is 57.8 Å². The van der Waals surface area contributed by atoms with E-state index < -0.39 is 132 Å². The maximum absolute atomic E-state index is 13.8. The number of fused-ring (bicyclic) bond motifs is 4. The van der Waals surface area contributed by atoms with Crippen LogP contribution < -0.4 is 0 Å². The number of unbranched alkanes of at least 4 members (excludes halogenated alkanes) is 9. The van der Waals surface area contributed by atoms with Crippen LogP contribution in [0.15, 0.2) is 48.6 Å². The van der Waals surface area contributed by atoms with Crippen LogP contribution in [-0.2, 0) is 46.6 Å². The van der Waals surface area contributed by atoms with Gasteiger partial charge in [-0.25, -0.2) is 9.13 Å². The van der Waals surface area contributed by atoms with Crippen molar-refractivity contribution < 1.29 is 97.0 Å². The van der Waals surface area contributed by atoms with Gasteiger partial charge in [0.2, 0.25) is 0 Å². The molecule has 2 fully saturated rings. The third-order valence-corrected chi connectivity index (χ3v) is 13.8. The number of rotatable bonds is 24. The molecule has 2 rings (SSSR count). The number of phosphoric ester groups is 2. The minimum atomic E-state index is -5.82. The Morgan fingerprint density at radius 2 is 1.38 bits per heavy atom. The summed E-state index contributed by atoms with van der Waals surface area (Å²) in [7, 11) is -11.6. The van der Waals surface area contributed by atoms with Gasteiger partial charge in [-0.1, -0.05) is 114 Å². The van der Waals surface area contributed by atoms with Gasteiger partial charge in [-0.15, -0.1) is 0 Å². The van der Waals surface area contributed by atoms with E-state index in [-0.39, 0.29) is 38.5 Å². The number of ether oxygens (including phenoxy) is 2. The van der Waals surface area contributed by atoms with Crippen LogP contribution in [0.25, 0.3) is 0 Å². The molecule has 71 heavy (non-hydrogen) atoms. The molecule has 1 saturated carbocycles. The molecule has 0 aromatic rings. The highest BCUT2D eigenvalue weighted by molar-refractivity contribution is 7.47. The summed E-state index contributed by atoms with van der Waals surface area (Å²) in [6.07, 6.45) is 3.96. The number of esters is 2. The van der Waals surface area contributed by atoms with E-state index in [1.54, 1.807) is 0 Å². The summed E-state index contributed by atoms with van der Waals surface area (Å²) in [6.45, 7) is 2.41. The fraction of sp³-hybridized carbons (Fsp3) is 0.776. The number of carbonyl (C=O) groups is 3. The van der Waals surface area contributed by atoms with E-state index in [2.05, 4.69) is 25.2 Å². The van der Waals surface area contributed by atoms with Gasteiger partial charge in [0.25, 0.3) is 0 Å². The zero-order chi connectivity index (χ0) is 52.8. The molecule has 20 nitrogen and oxygen atoms in total. The molecule has 1 aliphatic heterocycles.